The molecular formula is C79H88N2O26. The molecule has 5 aliphatic rings. The number of amides is 2. The molecule has 5 fully saturated rings. The summed E-state index contributed by atoms with van der Waals surface area (Å²) in [6, 6.07) is 59.3. The second kappa shape index (κ2) is 38.1. The number of carbonyl (C=O) groups excluding carboxylic acids is 5. The minimum absolute atomic E-state index is 0.0315. The zero-order valence-electron chi connectivity index (χ0n) is 58.8. The molecule has 0 spiro atoms. The molecule has 5 aliphatic heterocycles. The molecule has 7 aromatic carbocycles. The Labute approximate surface area is 617 Å². The van der Waals surface area contributed by atoms with Gasteiger partial charge in [0.25, 0.3) is 0 Å². The second-order valence-corrected chi connectivity index (χ2v) is 26.3. The number of benzene rings is 7. The average Bonchev–Trinajstić information content (AvgIpc) is 0.762. The van der Waals surface area contributed by atoms with Gasteiger partial charge in [0.2, 0.25) is 0 Å². The smallest absolute Gasteiger partial charge is 0.407 e. The second-order valence-electron chi connectivity index (χ2n) is 26.3. The minimum Gasteiger partial charge on any atom is -0.459 e. The van der Waals surface area contributed by atoms with Crippen molar-refractivity contribution in [2.45, 2.75) is 170 Å². The zero-order valence-corrected chi connectivity index (χ0v) is 58.8. The summed E-state index contributed by atoms with van der Waals surface area (Å²) in [5.41, 5.74) is 3.86. The van der Waals surface area contributed by atoms with Gasteiger partial charge in [-0.05, 0) is 72.5 Å². The van der Waals surface area contributed by atoms with Gasteiger partial charge in [0, 0.05) is 5.92 Å². The first-order chi connectivity index (χ1) is 51.8. The first-order valence-electron chi connectivity index (χ1n) is 35.0. The molecule has 8 N–H and O–H groups in total. The van der Waals surface area contributed by atoms with E-state index in [1.165, 1.54) is 0 Å². The molecule has 0 saturated carbocycles. The third-order valence-corrected chi connectivity index (χ3v) is 18.3. The van der Waals surface area contributed by atoms with Gasteiger partial charge in [0.1, 0.15) is 105 Å². The SMILES string of the molecule is C[C@@H]1C(OC(=O)c2ccccc2)[C@H](O[C@@H]2C(NC(=O)OCc3ccccc3)[C@@H](OCc3ccccc3)OC3COC(C)(C)O[C@H]32)OC(COC(=O)c2ccccc2)[C@@H]1OC(=O)c1ccccc1.O=C(NC1[C@@H](OCc2ccccc2)OC(CO)[C@@H](O)[C@@H]1O[C@@H]1OC(CO)[C@H](O)[C@H](O)C1O)OCc1ccccc1. The number of aliphatic hydroxyl groups excluding tert-OH is 6. The van der Waals surface area contributed by atoms with E-state index < -0.39 is 178 Å². The maximum atomic E-state index is 14.0. The van der Waals surface area contributed by atoms with E-state index in [1.54, 1.807) is 148 Å². The summed E-state index contributed by atoms with van der Waals surface area (Å²) in [6.45, 7) is 3.51. The van der Waals surface area contributed by atoms with Crippen molar-refractivity contribution in [2.75, 3.05) is 26.4 Å². The molecule has 7 aromatic rings. The van der Waals surface area contributed by atoms with Crippen molar-refractivity contribution in [3.63, 3.8) is 0 Å². The summed E-state index contributed by atoms with van der Waals surface area (Å²) in [7, 11) is 0. The molecular weight excluding hydrogens is 1390 g/mol. The topological polar surface area (TPSA) is 369 Å². The van der Waals surface area contributed by atoms with Crippen LogP contribution in [0.1, 0.15) is 74.1 Å². The van der Waals surface area contributed by atoms with Gasteiger partial charge in [0.05, 0.1) is 49.7 Å². The predicted octanol–water partition coefficient (Wildman–Crippen LogP) is 6.19. The Bertz CT molecular complexity index is 3900. The Balaban J connectivity index is 0.000000243. The van der Waals surface area contributed by atoms with Gasteiger partial charge in [-0.15, -0.1) is 0 Å². The van der Waals surface area contributed by atoms with Crippen LogP contribution in [0.2, 0.25) is 0 Å². The van der Waals surface area contributed by atoms with Crippen LogP contribution in [0.25, 0.3) is 0 Å². The van der Waals surface area contributed by atoms with Crippen LogP contribution < -0.4 is 10.6 Å². The van der Waals surface area contributed by atoms with Gasteiger partial charge in [-0.1, -0.05) is 183 Å². The molecule has 5 saturated heterocycles. The lowest BCUT2D eigenvalue weighted by atomic mass is 9.89. The normalized spacial score (nSPS) is 29.4. The average molecular weight is 1480 g/mol. The fourth-order valence-corrected chi connectivity index (χ4v) is 12.6. The molecule has 0 radical (unpaired) electrons. The van der Waals surface area contributed by atoms with E-state index in [4.69, 9.17) is 71.1 Å². The number of hydrogen-bond acceptors (Lipinski definition) is 26. The fraction of sp³-hybridized carbons (Fsp3) is 0.405. The van der Waals surface area contributed by atoms with Crippen LogP contribution in [0, 0.1) is 5.92 Å². The van der Waals surface area contributed by atoms with Crippen LogP contribution in [0.4, 0.5) is 9.59 Å². The summed E-state index contributed by atoms with van der Waals surface area (Å²) < 4.78 is 91.7. The Morgan fingerprint density at radius 3 is 1.29 bits per heavy atom. The maximum absolute atomic E-state index is 14.0. The monoisotopic (exact) mass is 1480 g/mol. The summed E-state index contributed by atoms with van der Waals surface area (Å²) in [4.78, 5) is 67.9. The van der Waals surface area contributed by atoms with E-state index in [0.29, 0.717) is 0 Å². The first kappa shape index (κ1) is 78.9. The lowest BCUT2D eigenvalue weighted by Gasteiger charge is -2.52. The first-order valence-corrected chi connectivity index (χ1v) is 35.0. The van der Waals surface area contributed by atoms with E-state index in [1.807, 2.05) is 84.9 Å². The number of nitrogens with one attached hydrogen (secondary N) is 2. The lowest BCUT2D eigenvalue weighted by molar-refractivity contribution is -0.392. The summed E-state index contributed by atoms with van der Waals surface area (Å²) >= 11 is 0. The van der Waals surface area contributed by atoms with E-state index in [9.17, 15) is 54.6 Å². The zero-order chi connectivity index (χ0) is 75.4. The van der Waals surface area contributed by atoms with Crippen LogP contribution in [0.5, 0.6) is 0 Å². The molecule has 570 valence electrons. The number of hydrogen-bond donors (Lipinski definition) is 8. The number of ether oxygens (including phenoxy) is 15. The molecule has 0 bridgehead atoms. The molecule has 28 nitrogen and oxygen atoms in total. The minimum atomic E-state index is -1.78. The van der Waals surface area contributed by atoms with Crippen LogP contribution in [0.3, 0.4) is 0 Å². The predicted molar refractivity (Wildman–Crippen MR) is 374 cm³/mol. The molecule has 2 amide bonds. The van der Waals surface area contributed by atoms with Crippen molar-refractivity contribution < 1.29 is 126 Å². The highest BCUT2D eigenvalue weighted by Gasteiger charge is 2.58. The summed E-state index contributed by atoms with van der Waals surface area (Å²) in [5.74, 6) is -4.06. The van der Waals surface area contributed by atoms with Crippen LogP contribution in [-0.4, -0.2) is 210 Å². The Kier molecular flexibility index (Phi) is 28.1. The van der Waals surface area contributed by atoms with Crippen LogP contribution >= 0.6 is 0 Å². The van der Waals surface area contributed by atoms with Crippen LogP contribution in [0.15, 0.2) is 212 Å². The number of rotatable bonds is 25. The van der Waals surface area contributed by atoms with Crippen molar-refractivity contribution in [2.24, 2.45) is 5.92 Å². The number of carbonyl (C=O) groups is 5. The molecule has 20 atom stereocenters. The molecule has 5 heterocycles. The van der Waals surface area contributed by atoms with E-state index in [0.717, 1.165) is 22.3 Å². The molecule has 12 rings (SSSR count). The van der Waals surface area contributed by atoms with Crippen molar-refractivity contribution in [3.8, 4) is 0 Å². The standard InChI is InChI=1S/C52H53NO14.C27H35NO12/c1-33-42(64-47(55)37-25-15-7-16-26-37)39(31-58-46(54)36-23-13-6-14-24-36)63-50(43(33)65-48(56)38-27-17-8-18-28-38)66-45-41(53-51(57)60-30-35-21-11-5-12-22-35)49(59-29-34-19-9-4-10-20-34)62-40-32-61-52(2,3)67-44(40)45;29-11-17-20(31)22(33)23(34)26(39-17)40-24-19(28-27(35)37-14-16-9-5-2-6-10-16)25(38-18(12-30)21(24)32)36-13-15-7-3-1-4-8-15/h4-28,33,39-45,49-50H,29-32H2,1-3H3,(H,53,57);1-10,17-26,29-34H,11-14H2,(H,28,35)/t33-,39?,40?,41?,42+,43?,44+,45+,49-,50-;17?,18?,19?,20-,21+,22-,23?,24+,25-,26-/m00/s1. The van der Waals surface area contributed by atoms with Gasteiger partial charge in [-0.25, -0.2) is 24.0 Å². The molecule has 8 unspecified atom stereocenters. The van der Waals surface area contributed by atoms with Gasteiger partial charge >= 0.3 is 30.1 Å². The highest BCUT2D eigenvalue weighted by molar-refractivity contribution is 5.90. The third kappa shape index (κ3) is 21.2. The van der Waals surface area contributed by atoms with Gasteiger partial charge in [0.15, 0.2) is 37.1 Å². The van der Waals surface area contributed by atoms with E-state index in [2.05, 4.69) is 10.6 Å². The van der Waals surface area contributed by atoms with Crippen LogP contribution in [-0.2, 0) is 97.5 Å². The van der Waals surface area contributed by atoms with E-state index in [-0.39, 0.29) is 49.7 Å². The van der Waals surface area contributed by atoms with Crippen molar-refractivity contribution >= 4 is 30.1 Å². The summed E-state index contributed by atoms with van der Waals surface area (Å²) in [5, 5.41) is 66.8. The van der Waals surface area contributed by atoms with E-state index >= 15 is 0 Å². The van der Waals surface area contributed by atoms with Gasteiger partial charge in [-0.2, -0.15) is 0 Å². The highest BCUT2D eigenvalue weighted by atomic mass is 16.8. The molecule has 107 heavy (non-hydrogen) atoms. The Morgan fingerprint density at radius 1 is 0.421 bits per heavy atom. The number of esters is 3. The largest absolute Gasteiger partial charge is 0.459 e. The number of aliphatic hydroxyl groups is 6. The lowest BCUT2D eigenvalue weighted by Crippen LogP contribution is -2.70. The van der Waals surface area contributed by atoms with Gasteiger partial charge < -0.3 is 112 Å². The third-order valence-electron chi connectivity index (χ3n) is 18.3. The van der Waals surface area contributed by atoms with Crippen molar-refractivity contribution in [1.82, 2.24) is 10.6 Å². The van der Waals surface area contributed by atoms with Crippen molar-refractivity contribution in [1.29, 1.82) is 0 Å². The van der Waals surface area contributed by atoms with Crippen molar-refractivity contribution in [3.05, 3.63) is 251 Å². The quantitative estimate of drug-likeness (QED) is 0.0233. The molecule has 0 aliphatic carbocycles. The fourth-order valence-electron chi connectivity index (χ4n) is 12.6. The number of fused-ring (bicyclic) bond motifs is 1. The maximum Gasteiger partial charge on any atom is 0.407 e. The van der Waals surface area contributed by atoms with Gasteiger partial charge in [-0.3, -0.25) is 0 Å². The highest BCUT2D eigenvalue weighted by Crippen LogP contribution is 2.40. The molecule has 28 heteroatoms. The summed E-state index contributed by atoms with van der Waals surface area (Å²) in [6.07, 6.45) is -24.5. The number of alkyl carbamates (subject to hydrolysis) is 2. The Hall–Kier alpha value is -9.15. The Morgan fingerprint density at radius 2 is 0.813 bits per heavy atom. The molecule has 0 aromatic heterocycles.